The standard InChI is InChI=1S/C15H12N2O4S/c1-21-15(18)13-9-17-14-7-10(4-5-12(13)14)22(19,20)11-3-2-6-16-8-11/h2-9,17H,1H3. The molecule has 0 bridgehead atoms. The number of aromatic amines is 1. The molecule has 6 nitrogen and oxygen atoms in total. The molecular weight excluding hydrogens is 304 g/mol. The molecular formula is C15H12N2O4S. The maximum atomic E-state index is 12.5. The molecule has 3 rings (SSSR count). The first-order valence-electron chi connectivity index (χ1n) is 6.38. The number of methoxy groups -OCH3 is 1. The number of nitrogens with one attached hydrogen (secondary N) is 1. The highest BCUT2D eigenvalue weighted by Gasteiger charge is 2.20. The molecule has 7 heteroatoms. The minimum atomic E-state index is -3.65. The molecule has 1 N–H and O–H groups in total. The average molecular weight is 316 g/mol. The van der Waals surface area contributed by atoms with E-state index in [9.17, 15) is 13.2 Å². The molecule has 0 aliphatic carbocycles. The van der Waals surface area contributed by atoms with Gasteiger partial charge in [-0.1, -0.05) is 6.07 Å². The van der Waals surface area contributed by atoms with Gasteiger partial charge in [0.05, 0.1) is 22.5 Å². The van der Waals surface area contributed by atoms with Gasteiger partial charge in [0.2, 0.25) is 9.84 Å². The van der Waals surface area contributed by atoms with Gasteiger partial charge in [-0.15, -0.1) is 0 Å². The number of ether oxygens (including phenoxy) is 1. The molecule has 0 aliphatic heterocycles. The van der Waals surface area contributed by atoms with Gasteiger partial charge in [0.25, 0.3) is 0 Å². The lowest BCUT2D eigenvalue weighted by Gasteiger charge is -2.04. The van der Waals surface area contributed by atoms with Crippen LogP contribution < -0.4 is 0 Å². The smallest absolute Gasteiger partial charge is 0.340 e. The maximum Gasteiger partial charge on any atom is 0.340 e. The largest absolute Gasteiger partial charge is 0.465 e. The van der Waals surface area contributed by atoms with Crippen molar-refractivity contribution in [3.05, 3.63) is 54.5 Å². The topological polar surface area (TPSA) is 89.1 Å². The van der Waals surface area contributed by atoms with Crippen LogP contribution in [0, 0.1) is 0 Å². The van der Waals surface area contributed by atoms with Gasteiger partial charge in [0.15, 0.2) is 0 Å². The number of hydrogen-bond donors (Lipinski definition) is 1. The van der Waals surface area contributed by atoms with Crippen LogP contribution in [0.25, 0.3) is 10.9 Å². The van der Waals surface area contributed by atoms with E-state index in [0.29, 0.717) is 16.5 Å². The van der Waals surface area contributed by atoms with Gasteiger partial charge < -0.3 is 9.72 Å². The minimum absolute atomic E-state index is 0.120. The van der Waals surface area contributed by atoms with E-state index in [1.165, 1.54) is 43.9 Å². The maximum absolute atomic E-state index is 12.5. The number of esters is 1. The molecule has 0 radical (unpaired) electrons. The number of rotatable bonds is 3. The zero-order valence-electron chi connectivity index (χ0n) is 11.6. The Kier molecular flexibility index (Phi) is 3.42. The monoisotopic (exact) mass is 316 g/mol. The molecule has 0 saturated carbocycles. The lowest BCUT2D eigenvalue weighted by Crippen LogP contribution is -2.02. The molecule has 2 heterocycles. The van der Waals surface area contributed by atoms with Crippen LogP contribution in [-0.4, -0.2) is 31.5 Å². The summed E-state index contributed by atoms with van der Waals surface area (Å²) in [6, 6.07) is 7.59. The summed E-state index contributed by atoms with van der Waals surface area (Å²) in [5, 5.41) is 0.608. The van der Waals surface area contributed by atoms with Crippen LogP contribution in [0.2, 0.25) is 0 Å². The molecule has 1 aromatic carbocycles. The Balaban J connectivity index is 2.12. The number of carbonyl (C=O) groups is 1. The second kappa shape index (κ2) is 5.27. The number of aromatic nitrogens is 2. The molecule has 112 valence electrons. The molecule has 0 fully saturated rings. The van der Waals surface area contributed by atoms with Crippen LogP contribution in [0.3, 0.4) is 0 Å². The van der Waals surface area contributed by atoms with Gasteiger partial charge in [-0.2, -0.15) is 0 Å². The molecule has 0 amide bonds. The Morgan fingerprint density at radius 3 is 2.73 bits per heavy atom. The summed E-state index contributed by atoms with van der Waals surface area (Å²) in [4.78, 5) is 18.6. The van der Waals surface area contributed by atoms with Crippen molar-refractivity contribution in [3.8, 4) is 0 Å². The van der Waals surface area contributed by atoms with Crippen molar-refractivity contribution in [2.24, 2.45) is 0 Å². The van der Waals surface area contributed by atoms with Crippen LogP contribution in [-0.2, 0) is 14.6 Å². The van der Waals surface area contributed by atoms with Crippen LogP contribution in [0.15, 0.2) is 58.7 Å². The molecule has 0 unspecified atom stereocenters. The molecule has 0 spiro atoms. The van der Waals surface area contributed by atoms with E-state index >= 15 is 0 Å². The van der Waals surface area contributed by atoms with E-state index in [-0.39, 0.29) is 9.79 Å². The highest BCUT2D eigenvalue weighted by molar-refractivity contribution is 7.91. The third kappa shape index (κ3) is 2.25. The van der Waals surface area contributed by atoms with Crippen molar-refractivity contribution in [1.82, 2.24) is 9.97 Å². The van der Waals surface area contributed by atoms with Crippen LogP contribution >= 0.6 is 0 Å². The second-order valence-corrected chi connectivity index (χ2v) is 6.54. The van der Waals surface area contributed by atoms with Gasteiger partial charge >= 0.3 is 5.97 Å². The van der Waals surface area contributed by atoms with Gasteiger partial charge in [-0.05, 0) is 24.3 Å². The summed E-state index contributed by atoms with van der Waals surface area (Å²) < 4.78 is 29.7. The van der Waals surface area contributed by atoms with Crippen LogP contribution in [0.4, 0.5) is 0 Å². The highest BCUT2D eigenvalue weighted by Crippen LogP contribution is 2.26. The first kappa shape index (κ1) is 14.3. The number of sulfone groups is 1. The summed E-state index contributed by atoms with van der Waals surface area (Å²) in [5.74, 6) is -0.478. The number of hydrogen-bond acceptors (Lipinski definition) is 5. The Labute approximate surface area is 126 Å². The Bertz CT molecular complexity index is 946. The zero-order valence-corrected chi connectivity index (χ0v) is 12.4. The van der Waals surface area contributed by atoms with E-state index in [2.05, 4.69) is 14.7 Å². The van der Waals surface area contributed by atoms with Crippen molar-refractivity contribution in [3.63, 3.8) is 0 Å². The van der Waals surface area contributed by atoms with Crippen molar-refractivity contribution >= 4 is 26.7 Å². The fourth-order valence-electron chi connectivity index (χ4n) is 2.19. The SMILES string of the molecule is COC(=O)c1c[nH]c2cc(S(=O)(=O)c3cccnc3)ccc12. The van der Waals surface area contributed by atoms with Gasteiger partial charge in [0.1, 0.15) is 0 Å². The minimum Gasteiger partial charge on any atom is -0.465 e. The van der Waals surface area contributed by atoms with Crippen LogP contribution in [0.1, 0.15) is 10.4 Å². The molecule has 3 aromatic rings. The summed E-state index contributed by atoms with van der Waals surface area (Å²) >= 11 is 0. The van der Waals surface area contributed by atoms with Crippen molar-refractivity contribution in [1.29, 1.82) is 0 Å². The predicted octanol–water partition coefficient (Wildman–Crippen LogP) is 2.18. The Morgan fingerprint density at radius 1 is 1.23 bits per heavy atom. The zero-order chi connectivity index (χ0) is 15.7. The van der Waals surface area contributed by atoms with E-state index in [1.807, 2.05) is 0 Å². The first-order valence-corrected chi connectivity index (χ1v) is 7.87. The summed E-state index contributed by atoms with van der Waals surface area (Å²) in [6.45, 7) is 0. The van der Waals surface area contributed by atoms with Crippen molar-refractivity contribution in [2.45, 2.75) is 9.79 Å². The molecule has 0 aliphatic rings. The third-order valence-electron chi connectivity index (χ3n) is 3.31. The van der Waals surface area contributed by atoms with Gasteiger partial charge in [0, 0.05) is 29.5 Å². The normalized spacial score (nSPS) is 11.5. The summed E-state index contributed by atoms with van der Waals surface area (Å²) in [6.07, 6.45) is 4.31. The molecule has 22 heavy (non-hydrogen) atoms. The quantitative estimate of drug-likeness (QED) is 0.748. The number of fused-ring (bicyclic) bond motifs is 1. The third-order valence-corrected chi connectivity index (χ3v) is 5.05. The number of H-pyrrole nitrogens is 1. The van der Waals surface area contributed by atoms with Crippen molar-refractivity contribution in [2.75, 3.05) is 7.11 Å². The van der Waals surface area contributed by atoms with E-state index < -0.39 is 15.8 Å². The Hall–Kier alpha value is -2.67. The average Bonchev–Trinajstić information content (AvgIpc) is 2.98. The molecule has 0 atom stereocenters. The lowest BCUT2D eigenvalue weighted by atomic mass is 10.2. The fourth-order valence-corrected chi connectivity index (χ4v) is 3.44. The summed E-state index contributed by atoms with van der Waals surface area (Å²) in [5.41, 5.74) is 0.910. The number of benzene rings is 1. The highest BCUT2D eigenvalue weighted by atomic mass is 32.2. The predicted molar refractivity (Wildman–Crippen MR) is 79.3 cm³/mol. The molecule has 0 saturated heterocycles. The van der Waals surface area contributed by atoms with Crippen molar-refractivity contribution < 1.29 is 17.9 Å². The van der Waals surface area contributed by atoms with Crippen LogP contribution in [0.5, 0.6) is 0 Å². The molecule has 2 aromatic heterocycles. The number of nitrogens with zero attached hydrogens (tertiary/aromatic N) is 1. The number of carbonyl (C=O) groups excluding carboxylic acids is 1. The second-order valence-electron chi connectivity index (χ2n) is 4.59. The van der Waals surface area contributed by atoms with E-state index in [0.717, 1.165) is 0 Å². The van der Waals surface area contributed by atoms with Gasteiger partial charge in [-0.3, -0.25) is 4.98 Å². The Morgan fingerprint density at radius 2 is 2.05 bits per heavy atom. The van der Waals surface area contributed by atoms with E-state index in [1.54, 1.807) is 12.1 Å². The first-order chi connectivity index (χ1) is 10.5. The lowest BCUT2D eigenvalue weighted by molar-refractivity contribution is 0.0603. The fraction of sp³-hybridized carbons (Fsp3) is 0.0667. The summed E-state index contributed by atoms with van der Waals surface area (Å²) in [7, 11) is -2.35. The van der Waals surface area contributed by atoms with Gasteiger partial charge in [-0.25, -0.2) is 13.2 Å². The van der Waals surface area contributed by atoms with E-state index in [4.69, 9.17) is 0 Å². The number of pyridine rings is 1.